The standard InChI is InChI=1S/C15H15F7O4/c1-4-25-10-7-8(24-3)6-9(11(10)12(23)26-5-2)13(16,17)14(18,19)15(20,21)22/h6-7H,4-5H2,1-3H3. The number of carbonyl (C=O) groups excluding carboxylic acids is 1. The molecule has 148 valence electrons. The van der Waals surface area contributed by atoms with Gasteiger partial charge in [-0.2, -0.15) is 30.7 Å². The molecule has 0 aliphatic heterocycles. The summed E-state index contributed by atoms with van der Waals surface area (Å²) in [5.41, 5.74) is -3.15. The maximum absolute atomic E-state index is 14.2. The second-order valence-corrected chi connectivity index (χ2v) is 4.85. The van der Waals surface area contributed by atoms with E-state index in [9.17, 15) is 35.5 Å². The lowest BCUT2D eigenvalue weighted by Gasteiger charge is -2.30. The summed E-state index contributed by atoms with van der Waals surface area (Å²) in [5, 5.41) is 0. The van der Waals surface area contributed by atoms with Crippen LogP contribution in [0.5, 0.6) is 11.5 Å². The Kier molecular flexibility index (Phi) is 6.37. The van der Waals surface area contributed by atoms with Crippen molar-refractivity contribution in [3.05, 3.63) is 23.3 Å². The molecule has 1 rings (SSSR count). The molecule has 0 spiro atoms. The first-order valence-electron chi connectivity index (χ1n) is 7.19. The van der Waals surface area contributed by atoms with Crippen molar-refractivity contribution in [2.45, 2.75) is 31.9 Å². The van der Waals surface area contributed by atoms with Crippen LogP contribution in [0.1, 0.15) is 29.8 Å². The molecule has 0 saturated carbocycles. The molecule has 0 fully saturated rings. The van der Waals surface area contributed by atoms with E-state index in [4.69, 9.17) is 4.74 Å². The Labute approximate surface area is 143 Å². The van der Waals surface area contributed by atoms with E-state index < -0.39 is 46.6 Å². The predicted octanol–water partition coefficient (Wildman–Crippen LogP) is 4.56. The fourth-order valence-electron chi connectivity index (χ4n) is 1.99. The van der Waals surface area contributed by atoms with E-state index in [2.05, 4.69) is 9.47 Å². The summed E-state index contributed by atoms with van der Waals surface area (Å²) in [6, 6.07) is 1.12. The van der Waals surface area contributed by atoms with E-state index in [1.54, 1.807) is 0 Å². The third kappa shape index (κ3) is 3.80. The van der Waals surface area contributed by atoms with Crippen molar-refractivity contribution < 1.29 is 49.7 Å². The van der Waals surface area contributed by atoms with E-state index in [1.807, 2.05) is 0 Å². The van der Waals surface area contributed by atoms with Crippen LogP contribution < -0.4 is 9.47 Å². The van der Waals surface area contributed by atoms with Crippen molar-refractivity contribution in [2.75, 3.05) is 20.3 Å². The Morgan fingerprint density at radius 1 is 1.00 bits per heavy atom. The fourth-order valence-corrected chi connectivity index (χ4v) is 1.99. The van der Waals surface area contributed by atoms with Crippen molar-refractivity contribution >= 4 is 5.97 Å². The van der Waals surface area contributed by atoms with Crippen LogP contribution in [0.3, 0.4) is 0 Å². The first-order chi connectivity index (χ1) is 11.8. The van der Waals surface area contributed by atoms with Gasteiger partial charge in [0.1, 0.15) is 17.1 Å². The summed E-state index contributed by atoms with van der Waals surface area (Å²) >= 11 is 0. The zero-order valence-electron chi connectivity index (χ0n) is 13.8. The smallest absolute Gasteiger partial charge is 0.460 e. The van der Waals surface area contributed by atoms with Gasteiger partial charge in [-0.05, 0) is 19.9 Å². The van der Waals surface area contributed by atoms with Crippen LogP contribution in [0.15, 0.2) is 12.1 Å². The van der Waals surface area contributed by atoms with Crippen LogP contribution in [0.4, 0.5) is 30.7 Å². The summed E-state index contributed by atoms with van der Waals surface area (Å²) in [7, 11) is 0.971. The number of benzene rings is 1. The Morgan fingerprint density at radius 3 is 2.00 bits per heavy atom. The van der Waals surface area contributed by atoms with Gasteiger partial charge < -0.3 is 14.2 Å². The minimum absolute atomic E-state index is 0.194. The summed E-state index contributed by atoms with van der Waals surface area (Å²) in [4.78, 5) is 12.0. The third-order valence-corrected chi connectivity index (χ3v) is 3.18. The molecule has 26 heavy (non-hydrogen) atoms. The van der Waals surface area contributed by atoms with Crippen molar-refractivity contribution in [2.24, 2.45) is 0 Å². The molecule has 0 amide bonds. The van der Waals surface area contributed by atoms with Crippen LogP contribution >= 0.6 is 0 Å². The van der Waals surface area contributed by atoms with Crippen molar-refractivity contribution in [1.29, 1.82) is 0 Å². The van der Waals surface area contributed by atoms with Gasteiger partial charge >= 0.3 is 24.0 Å². The van der Waals surface area contributed by atoms with Gasteiger partial charge in [-0.1, -0.05) is 0 Å². The Bertz CT molecular complexity index is 656. The van der Waals surface area contributed by atoms with Gasteiger partial charge in [-0.3, -0.25) is 0 Å². The lowest BCUT2D eigenvalue weighted by Crippen LogP contribution is -2.50. The lowest BCUT2D eigenvalue weighted by atomic mass is 9.95. The van der Waals surface area contributed by atoms with E-state index in [0.717, 1.165) is 13.2 Å². The Morgan fingerprint density at radius 2 is 1.58 bits per heavy atom. The van der Waals surface area contributed by atoms with E-state index in [-0.39, 0.29) is 19.3 Å². The molecule has 0 N–H and O–H groups in total. The number of carbonyl (C=O) groups is 1. The quantitative estimate of drug-likeness (QED) is 0.504. The fraction of sp³-hybridized carbons (Fsp3) is 0.533. The molecule has 0 radical (unpaired) electrons. The molecule has 0 unspecified atom stereocenters. The molecule has 0 bridgehead atoms. The van der Waals surface area contributed by atoms with E-state index in [1.165, 1.54) is 13.8 Å². The predicted molar refractivity (Wildman–Crippen MR) is 75.0 cm³/mol. The van der Waals surface area contributed by atoms with Crippen LogP contribution in [-0.4, -0.2) is 38.4 Å². The van der Waals surface area contributed by atoms with Gasteiger partial charge in [-0.25, -0.2) is 4.79 Å². The van der Waals surface area contributed by atoms with Gasteiger partial charge in [-0.15, -0.1) is 0 Å². The van der Waals surface area contributed by atoms with Crippen LogP contribution in [0.2, 0.25) is 0 Å². The maximum Gasteiger partial charge on any atom is 0.460 e. The first kappa shape index (κ1) is 21.8. The Balaban J connectivity index is 3.81. The third-order valence-electron chi connectivity index (χ3n) is 3.18. The van der Waals surface area contributed by atoms with Gasteiger partial charge in [0, 0.05) is 11.6 Å². The highest BCUT2D eigenvalue weighted by Gasteiger charge is 2.74. The van der Waals surface area contributed by atoms with Gasteiger partial charge in [0.15, 0.2) is 0 Å². The summed E-state index contributed by atoms with van der Waals surface area (Å²) < 4.78 is 107. The highest BCUT2D eigenvalue weighted by atomic mass is 19.4. The minimum Gasteiger partial charge on any atom is -0.497 e. The summed E-state index contributed by atoms with van der Waals surface area (Å²) in [6.07, 6.45) is -6.57. The lowest BCUT2D eigenvalue weighted by molar-refractivity contribution is -0.359. The number of halogens is 7. The second kappa shape index (κ2) is 7.58. The zero-order chi connectivity index (χ0) is 20.3. The highest BCUT2D eigenvalue weighted by Crippen LogP contribution is 2.54. The van der Waals surface area contributed by atoms with Crippen LogP contribution in [0.25, 0.3) is 0 Å². The van der Waals surface area contributed by atoms with Crippen molar-refractivity contribution in [3.8, 4) is 11.5 Å². The van der Waals surface area contributed by atoms with Gasteiger partial charge in [0.25, 0.3) is 0 Å². The number of hydrogen-bond acceptors (Lipinski definition) is 4. The normalized spacial score (nSPS) is 12.7. The second-order valence-electron chi connectivity index (χ2n) is 4.85. The SMILES string of the molecule is CCOC(=O)c1c(OCC)cc(OC)cc1C(F)(F)C(F)(F)C(F)(F)F. The summed E-state index contributed by atoms with van der Waals surface area (Å²) in [5.74, 6) is -15.0. The molecular weight excluding hydrogens is 377 g/mol. The molecule has 1 aromatic carbocycles. The molecule has 0 heterocycles. The summed E-state index contributed by atoms with van der Waals surface area (Å²) in [6.45, 7) is 2.15. The minimum atomic E-state index is -6.57. The number of alkyl halides is 7. The van der Waals surface area contributed by atoms with Crippen LogP contribution in [-0.2, 0) is 10.7 Å². The Hall–Kier alpha value is -2.20. The molecule has 11 heteroatoms. The molecule has 0 aliphatic rings. The number of esters is 1. The average molecular weight is 392 g/mol. The molecular formula is C15H15F7O4. The van der Waals surface area contributed by atoms with E-state index in [0.29, 0.717) is 0 Å². The number of methoxy groups -OCH3 is 1. The largest absolute Gasteiger partial charge is 0.497 e. The monoisotopic (exact) mass is 392 g/mol. The number of rotatable bonds is 7. The molecule has 4 nitrogen and oxygen atoms in total. The maximum atomic E-state index is 14.2. The zero-order valence-corrected chi connectivity index (χ0v) is 13.8. The van der Waals surface area contributed by atoms with Crippen molar-refractivity contribution in [3.63, 3.8) is 0 Å². The van der Waals surface area contributed by atoms with E-state index >= 15 is 0 Å². The van der Waals surface area contributed by atoms with Crippen LogP contribution in [0, 0.1) is 0 Å². The highest BCUT2D eigenvalue weighted by molar-refractivity contribution is 5.95. The first-order valence-corrected chi connectivity index (χ1v) is 7.19. The number of ether oxygens (including phenoxy) is 3. The van der Waals surface area contributed by atoms with Gasteiger partial charge in [0.05, 0.1) is 20.3 Å². The molecule has 0 aliphatic carbocycles. The molecule has 0 atom stereocenters. The topological polar surface area (TPSA) is 44.8 Å². The molecule has 0 aromatic heterocycles. The van der Waals surface area contributed by atoms with Crippen molar-refractivity contribution in [1.82, 2.24) is 0 Å². The number of hydrogen-bond donors (Lipinski definition) is 0. The van der Waals surface area contributed by atoms with Gasteiger partial charge in [0.2, 0.25) is 0 Å². The molecule has 0 saturated heterocycles. The molecule has 1 aromatic rings. The average Bonchev–Trinajstić information content (AvgIpc) is 2.53.